The minimum Gasteiger partial charge on any atom is -0.413 e. The Balaban J connectivity index is 1.50. The van der Waals surface area contributed by atoms with Crippen molar-refractivity contribution >= 4 is 18.6 Å². The Morgan fingerprint density at radius 3 is 1.46 bits per heavy atom. The standard InChI is InChI=1S/C22H36N4O7Si2/c1-17-15-25(21(29)23-19(17)27)11-7-3-5-9-13-34(31)33-35(32)14-10-6-4-8-12-26-16-18(2)20(28)24-22(26)30/h15-16,31-32H,3-14H2,1-2H3,(H,23,27,29)(H,24,28,30). The fraction of sp³-hybridized carbons (Fsp3) is 0.636. The quantitative estimate of drug-likeness (QED) is 0.187. The minimum absolute atomic E-state index is 0.357. The number of aromatic amines is 2. The number of aromatic nitrogens is 4. The van der Waals surface area contributed by atoms with Gasteiger partial charge < -0.3 is 22.8 Å². The highest BCUT2D eigenvalue weighted by molar-refractivity contribution is 6.57. The molecule has 0 fully saturated rings. The zero-order valence-electron chi connectivity index (χ0n) is 20.5. The molecule has 0 aliphatic carbocycles. The van der Waals surface area contributed by atoms with Gasteiger partial charge in [-0.2, -0.15) is 0 Å². The van der Waals surface area contributed by atoms with Gasteiger partial charge in [0.2, 0.25) is 0 Å². The van der Waals surface area contributed by atoms with E-state index in [0.29, 0.717) is 36.3 Å². The zero-order chi connectivity index (χ0) is 25.8. The number of rotatable bonds is 16. The summed E-state index contributed by atoms with van der Waals surface area (Å²) in [5, 5.41) is 0. The first-order valence-corrected chi connectivity index (χ1v) is 15.2. The second-order valence-corrected chi connectivity index (χ2v) is 12.1. The van der Waals surface area contributed by atoms with Crippen LogP contribution in [-0.2, 0) is 17.2 Å². The van der Waals surface area contributed by atoms with Gasteiger partial charge in [0.25, 0.3) is 11.1 Å². The predicted octanol–water partition coefficient (Wildman–Crippen LogP) is 0.802. The molecule has 2 aromatic rings. The molecule has 11 nitrogen and oxygen atoms in total. The molecule has 0 saturated carbocycles. The van der Waals surface area contributed by atoms with E-state index in [1.165, 1.54) is 9.13 Å². The minimum atomic E-state index is -2.01. The van der Waals surface area contributed by atoms with Crippen LogP contribution < -0.4 is 22.5 Å². The van der Waals surface area contributed by atoms with Crippen LogP contribution in [0.15, 0.2) is 31.6 Å². The number of nitrogens with zero attached hydrogens (tertiary/aromatic N) is 2. The van der Waals surface area contributed by atoms with Crippen molar-refractivity contribution in [1.82, 2.24) is 19.1 Å². The summed E-state index contributed by atoms with van der Waals surface area (Å²) in [5.41, 5.74) is -0.491. The van der Waals surface area contributed by atoms with E-state index in [2.05, 4.69) is 9.97 Å². The van der Waals surface area contributed by atoms with Crippen molar-refractivity contribution in [2.24, 2.45) is 0 Å². The maximum Gasteiger partial charge on any atom is 0.372 e. The van der Waals surface area contributed by atoms with Crippen molar-refractivity contribution in [3.05, 3.63) is 65.2 Å². The van der Waals surface area contributed by atoms with Gasteiger partial charge in [-0.1, -0.05) is 38.5 Å². The van der Waals surface area contributed by atoms with Crippen LogP contribution in [0.5, 0.6) is 0 Å². The summed E-state index contributed by atoms with van der Waals surface area (Å²) in [5.74, 6) is 0. The molecule has 194 valence electrons. The van der Waals surface area contributed by atoms with E-state index in [-0.39, 0.29) is 11.1 Å². The van der Waals surface area contributed by atoms with Crippen molar-refractivity contribution in [1.29, 1.82) is 0 Å². The molecule has 2 radical (unpaired) electrons. The summed E-state index contributed by atoms with van der Waals surface area (Å²) in [6.45, 7) is 4.40. The van der Waals surface area contributed by atoms with Crippen LogP contribution >= 0.6 is 0 Å². The third-order valence-corrected chi connectivity index (χ3v) is 9.14. The number of unbranched alkanes of at least 4 members (excludes halogenated alkanes) is 6. The van der Waals surface area contributed by atoms with Gasteiger partial charge in [-0.05, 0) is 38.8 Å². The molecular formula is C22H36N4O7Si2. The van der Waals surface area contributed by atoms with Crippen LogP contribution in [0.25, 0.3) is 0 Å². The summed E-state index contributed by atoms with van der Waals surface area (Å²) in [7, 11) is -4.01. The third-order valence-electron chi connectivity index (χ3n) is 5.69. The van der Waals surface area contributed by atoms with E-state index in [4.69, 9.17) is 4.12 Å². The molecule has 0 atom stereocenters. The largest absolute Gasteiger partial charge is 0.413 e. The maximum atomic E-state index is 11.7. The molecule has 0 aliphatic heterocycles. The molecule has 0 aliphatic rings. The number of aryl methyl sites for hydroxylation is 4. The molecule has 2 rings (SSSR count). The summed E-state index contributed by atoms with van der Waals surface area (Å²) in [6.07, 6.45) is 9.89. The molecule has 0 amide bonds. The first-order valence-electron chi connectivity index (χ1n) is 12.1. The second kappa shape index (κ2) is 14.9. The number of nitrogens with one attached hydrogen (secondary N) is 2. The fourth-order valence-corrected chi connectivity index (χ4v) is 6.64. The SMILES string of the molecule is Cc1cn(CCCCCC[Si](O)O[Si](O)CCCCCCn2cc(C)c(=O)[nH]c2=O)c(=O)[nH]c1=O. The second-order valence-electron chi connectivity index (χ2n) is 8.75. The highest BCUT2D eigenvalue weighted by Gasteiger charge is 2.18. The molecule has 35 heavy (non-hydrogen) atoms. The molecule has 13 heteroatoms. The third kappa shape index (κ3) is 10.4. The number of hydrogen-bond donors (Lipinski definition) is 4. The van der Waals surface area contributed by atoms with Crippen LogP contribution in [-0.4, -0.2) is 47.3 Å². The van der Waals surface area contributed by atoms with Crippen LogP contribution in [0.4, 0.5) is 0 Å². The van der Waals surface area contributed by atoms with Gasteiger partial charge >= 0.3 is 29.9 Å². The van der Waals surface area contributed by atoms with Gasteiger partial charge in [0.05, 0.1) is 0 Å². The topological polar surface area (TPSA) is 159 Å². The Kier molecular flexibility index (Phi) is 12.3. The number of H-pyrrole nitrogens is 2. The Bertz CT molecular complexity index is 1070. The van der Waals surface area contributed by atoms with E-state index < -0.39 is 29.9 Å². The average Bonchev–Trinajstić information content (AvgIpc) is 2.79. The Hall–Kier alpha value is -2.33. The van der Waals surface area contributed by atoms with E-state index in [0.717, 1.165) is 51.4 Å². The molecule has 0 aromatic carbocycles. The van der Waals surface area contributed by atoms with Gasteiger partial charge in [0.15, 0.2) is 0 Å². The monoisotopic (exact) mass is 524 g/mol. The van der Waals surface area contributed by atoms with Crippen molar-refractivity contribution in [2.45, 2.75) is 90.4 Å². The van der Waals surface area contributed by atoms with E-state index >= 15 is 0 Å². The smallest absolute Gasteiger partial charge is 0.372 e. The molecule has 2 heterocycles. The molecule has 4 N–H and O–H groups in total. The first-order chi connectivity index (χ1) is 16.7. The van der Waals surface area contributed by atoms with Crippen LogP contribution in [0.2, 0.25) is 12.1 Å². The molecule has 0 unspecified atom stereocenters. The highest BCUT2D eigenvalue weighted by Crippen LogP contribution is 2.10. The molecule has 0 saturated heterocycles. The lowest BCUT2D eigenvalue weighted by atomic mass is 10.2. The van der Waals surface area contributed by atoms with Gasteiger partial charge in [-0.3, -0.25) is 19.6 Å². The van der Waals surface area contributed by atoms with E-state index in [1.807, 2.05) is 0 Å². The molecular weight excluding hydrogens is 488 g/mol. The average molecular weight is 525 g/mol. The molecule has 2 aromatic heterocycles. The maximum absolute atomic E-state index is 11.7. The lowest BCUT2D eigenvalue weighted by Crippen LogP contribution is -2.30. The Morgan fingerprint density at radius 2 is 1.06 bits per heavy atom. The van der Waals surface area contributed by atoms with Crippen LogP contribution in [0.3, 0.4) is 0 Å². The first kappa shape index (κ1) is 28.9. The van der Waals surface area contributed by atoms with Gasteiger partial charge in [-0.25, -0.2) is 9.59 Å². The van der Waals surface area contributed by atoms with Gasteiger partial charge in [0, 0.05) is 36.6 Å². The summed E-state index contributed by atoms with van der Waals surface area (Å²) < 4.78 is 8.45. The van der Waals surface area contributed by atoms with E-state index in [1.54, 1.807) is 26.2 Å². The van der Waals surface area contributed by atoms with Crippen molar-refractivity contribution in [3.8, 4) is 0 Å². The van der Waals surface area contributed by atoms with Crippen molar-refractivity contribution in [3.63, 3.8) is 0 Å². The zero-order valence-corrected chi connectivity index (χ0v) is 22.5. The Labute approximate surface area is 207 Å². The van der Waals surface area contributed by atoms with Gasteiger partial charge in [-0.15, -0.1) is 0 Å². The highest BCUT2D eigenvalue weighted by atomic mass is 28.4. The summed E-state index contributed by atoms with van der Waals surface area (Å²) in [4.78, 5) is 71.0. The lowest BCUT2D eigenvalue weighted by molar-refractivity contribution is 0.349. The summed E-state index contributed by atoms with van der Waals surface area (Å²) in [6, 6.07) is 1.09. The normalized spacial score (nSPS) is 11.6. The van der Waals surface area contributed by atoms with Crippen molar-refractivity contribution in [2.75, 3.05) is 0 Å². The fourth-order valence-electron chi connectivity index (χ4n) is 3.63. The predicted molar refractivity (Wildman–Crippen MR) is 136 cm³/mol. The summed E-state index contributed by atoms with van der Waals surface area (Å²) >= 11 is 0. The lowest BCUT2D eigenvalue weighted by Gasteiger charge is -2.12. The molecule has 0 spiro atoms. The molecule has 0 bridgehead atoms. The van der Waals surface area contributed by atoms with Crippen LogP contribution in [0, 0.1) is 13.8 Å². The van der Waals surface area contributed by atoms with Crippen molar-refractivity contribution < 1.29 is 13.7 Å². The van der Waals surface area contributed by atoms with Gasteiger partial charge in [0.1, 0.15) is 0 Å². The Morgan fingerprint density at radius 1 is 0.686 bits per heavy atom. The van der Waals surface area contributed by atoms with E-state index in [9.17, 15) is 28.8 Å². The number of hydrogen-bond acceptors (Lipinski definition) is 7. The van der Waals surface area contributed by atoms with Crippen LogP contribution in [0.1, 0.15) is 62.5 Å².